The van der Waals surface area contributed by atoms with Crippen molar-refractivity contribution in [2.24, 2.45) is 0 Å². The molecule has 3 heteroatoms. The van der Waals surface area contributed by atoms with Gasteiger partial charge in [0.1, 0.15) is 6.04 Å². The molecule has 0 unspecified atom stereocenters. The number of hydrogen-bond donors (Lipinski definition) is 1. The first-order valence-corrected chi connectivity index (χ1v) is 9.11. The fourth-order valence-corrected chi connectivity index (χ4v) is 3.90. The highest BCUT2D eigenvalue weighted by Crippen LogP contribution is 2.30. The fraction of sp³-hybridized carbons (Fsp3) is 0.409. The molecule has 0 fully saturated rings. The molecule has 0 aliphatic carbocycles. The van der Waals surface area contributed by atoms with Crippen molar-refractivity contribution < 1.29 is 4.79 Å². The Kier molecular flexibility index (Phi) is 4.85. The number of anilines is 2. The number of carbonyl (C=O) groups is 1. The lowest BCUT2D eigenvalue weighted by atomic mass is 9.98. The van der Waals surface area contributed by atoms with E-state index in [9.17, 15) is 4.79 Å². The summed E-state index contributed by atoms with van der Waals surface area (Å²) in [4.78, 5) is 15.2. The van der Waals surface area contributed by atoms with Crippen molar-refractivity contribution >= 4 is 17.3 Å². The summed E-state index contributed by atoms with van der Waals surface area (Å²) in [6.45, 7) is 11.2. The third kappa shape index (κ3) is 3.55. The van der Waals surface area contributed by atoms with E-state index in [0.29, 0.717) is 0 Å². The molecular formula is C22H28N2O. The third-order valence-corrected chi connectivity index (χ3v) is 5.16. The molecule has 1 heterocycles. The van der Waals surface area contributed by atoms with Crippen LogP contribution in [0.25, 0.3) is 0 Å². The molecule has 1 N–H and O–H groups in total. The van der Waals surface area contributed by atoms with Crippen LogP contribution < -0.4 is 10.2 Å². The highest BCUT2D eigenvalue weighted by Gasteiger charge is 2.26. The summed E-state index contributed by atoms with van der Waals surface area (Å²) in [5, 5.41) is 3.16. The summed E-state index contributed by atoms with van der Waals surface area (Å²) >= 11 is 0. The summed E-state index contributed by atoms with van der Waals surface area (Å²) in [5.74, 6) is 0.0588. The van der Waals surface area contributed by atoms with Gasteiger partial charge in [-0.05, 0) is 70.2 Å². The lowest BCUT2D eigenvalue weighted by molar-refractivity contribution is -0.117. The van der Waals surface area contributed by atoms with Crippen molar-refractivity contribution in [2.45, 2.75) is 53.5 Å². The molecule has 1 aliphatic rings. The second-order valence-electron chi connectivity index (χ2n) is 7.37. The summed E-state index contributed by atoms with van der Waals surface area (Å²) in [6.07, 6.45) is 2.19. The minimum Gasteiger partial charge on any atom is -0.360 e. The maximum absolute atomic E-state index is 12.9. The minimum atomic E-state index is -0.193. The molecular weight excluding hydrogens is 308 g/mol. The highest BCUT2D eigenvalue weighted by atomic mass is 16.2. The maximum atomic E-state index is 12.9. The summed E-state index contributed by atoms with van der Waals surface area (Å²) in [7, 11) is 0. The predicted molar refractivity (Wildman–Crippen MR) is 106 cm³/mol. The van der Waals surface area contributed by atoms with Crippen LogP contribution in [0.15, 0.2) is 30.3 Å². The lowest BCUT2D eigenvalue weighted by Crippen LogP contribution is -2.44. The Bertz CT molecular complexity index is 787. The molecule has 0 spiro atoms. The minimum absolute atomic E-state index is 0.0588. The average molecular weight is 336 g/mol. The molecule has 1 aliphatic heterocycles. The first-order chi connectivity index (χ1) is 11.9. The molecule has 2 aromatic rings. The molecule has 2 aromatic carbocycles. The molecule has 3 nitrogen and oxygen atoms in total. The zero-order valence-electron chi connectivity index (χ0n) is 15.9. The van der Waals surface area contributed by atoms with Crippen molar-refractivity contribution in [3.05, 3.63) is 58.1 Å². The van der Waals surface area contributed by atoms with Gasteiger partial charge in [-0.2, -0.15) is 0 Å². The van der Waals surface area contributed by atoms with E-state index >= 15 is 0 Å². The monoisotopic (exact) mass is 336 g/mol. The normalized spacial score (nSPS) is 14.8. The van der Waals surface area contributed by atoms with Gasteiger partial charge in [-0.15, -0.1) is 0 Å². The molecule has 0 radical (unpaired) electrons. The van der Waals surface area contributed by atoms with E-state index in [1.165, 1.54) is 22.4 Å². The van der Waals surface area contributed by atoms with Gasteiger partial charge < -0.3 is 10.2 Å². The Hall–Kier alpha value is -2.29. The van der Waals surface area contributed by atoms with E-state index in [0.717, 1.165) is 36.2 Å². The number of aryl methyl sites for hydroxylation is 5. The third-order valence-electron chi connectivity index (χ3n) is 5.16. The lowest BCUT2D eigenvalue weighted by Gasteiger charge is -2.35. The van der Waals surface area contributed by atoms with Crippen LogP contribution in [-0.4, -0.2) is 18.5 Å². The molecule has 1 atom stereocenters. The van der Waals surface area contributed by atoms with Crippen LogP contribution in [0.3, 0.4) is 0 Å². The van der Waals surface area contributed by atoms with E-state index in [4.69, 9.17) is 0 Å². The molecule has 0 saturated heterocycles. The summed E-state index contributed by atoms with van der Waals surface area (Å²) < 4.78 is 0. The average Bonchev–Trinajstić information content (AvgIpc) is 2.56. The van der Waals surface area contributed by atoms with Crippen LogP contribution >= 0.6 is 0 Å². The summed E-state index contributed by atoms with van der Waals surface area (Å²) in [6, 6.07) is 10.6. The molecule has 1 amide bonds. The van der Waals surface area contributed by atoms with Crippen molar-refractivity contribution in [3.8, 4) is 0 Å². The molecule has 0 saturated carbocycles. The Morgan fingerprint density at radius 2 is 1.72 bits per heavy atom. The van der Waals surface area contributed by atoms with E-state index < -0.39 is 0 Å². The van der Waals surface area contributed by atoms with Gasteiger partial charge in [0.2, 0.25) is 5.91 Å². The number of nitrogens with one attached hydrogen (secondary N) is 1. The molecule has 3 rings (SSSR count). The number of carbonyl (C=O) groups excluding carboxylic acids is 1. The van der Waals surface area contributed by atoms with Crippen LogP contribution in [0.2, 0.25) is 0 Å². The largest absolute Gasteiger partial charge is 0.360 e. The van der Waals surface area contributed by atoms with Gasteiger partial charge in [-0.25, -0.2) is 0 Å². The quantitative estimate of drug-likeness (QED) is 0.881. The first-order valence-electron chi connectivity index (χ1n) is 9.11. The predicted octanol–water partition coefficient (Wildman–Crippen LogP) is 4.70. The summed E-state index contributed by atoms with van der Waals surface area (Å²) in [5.41, 5.74) is 8.25. The highest BCUT2D eigenvalue weighted by molar-refractivity contribution is 5.98. The van der Waals surface area contributed by atoms with Gasteiger partial charge in [-0.1, -0.05) is 35.4 Å². The second kappa shape index (κ2) is 6.91. The smallest absolute Gasteiger partial charge is 0.246 e. The SMILES string of the molecule is Cc1cc(C)c(NC(=O)[C@H](C)N2CCCc3cc(C)ccc32)c(C)c1. The fourth-order valence-electron chi connectivity index (χ4n) is 3.90. The van der Waals surface area contributed by atoms with Gasteiger partial charge in [0.05, 0.1) is 0 Å². The maximum Gasteiger partial charge on any atom is 0.246 e. The van der Waals surface area contributed by atoms with E-state index in [-0.39, 0.29) is 11.9 Å². The van der Waals surface area contributed by atoms with Gasteiger partial charge in [-0.3, -0.25) is 4.79 Å². The zero-order valence-corrected chi connectivity index (χ0v) is 15.9. The van der Waals surface area contributed by atoms with Crippen LogP contribution in [0.4, 0.5) is 11.4 Å². The van der Waals surface area contributed by atoms with Crippen LogP contribution in [0.1, 0.15) is 41.2 Å². The van der Waals surface area contributed by atoms with E-state index in [2.05, 4.69) is 68.2 Å². The molecule has 0 bridgehead atoms. The number of amides is 1. The molecule has 25 heavy (non-hydrogen) atoms. The number of rotatable bonds is 3. The van der Waals surface area contributed by atoms with Gasteiger partial charge in [0, 0.05) is 17.9 Å². The first kappa shape index (κ1) is 17.5. The van der Waals surface area contributed by atoms with Gasteiger partial charge in [0.15, 0.2) is 0 Å². The standard InChI is InChI=1S/C22H28N2O/c1-14-8-9-20-19(13-14)7-6-10-24(20)18(5)22(25)23-21-16(3)11-15(2)12-17(21)4/h8-9,11-13,18H,6-7,10H2,1-5H3,(H,23,25)/t18-/m0/s1. The number of fused-ring (bicyclic) bond motifs is 1. The van der Waals surface area contributed by atoms with Crippen molar-refractivity contribution in [1.29, 1.82) is 0 Å². The Balaban J connectivity index is 1.83. The number of benzene rings is 2. The topological polar surface area (TPSA) is 32.3 Å². The van der Waals surface area contributed by atoms with Crippen molar-refractivity contribution in [2.75, 3.05) is 16.8 Å². The Morgan fingerprint density at radius 3 is 2.40 bits per heavy atom. The second-order valence-corrected chi connectivity index (χ2v) is 7.37. The Labute approximate surface area is 151 Å². The van der Waals surface area contributed by atoms with E-state index in [1.54, 1.807) is 0 Å². The number of nitrogens with zero attached hydrogens (tertiary/aromatic N) is 1. The van der Waals surface area contributed by atoms with Crippen LogP contribution in [-0.2, 0) is 11.2 Å². The van der Waals surface area contributed by atoms with Gasteiger partial charge in [0.25, 0.3) is 0 Å². The van der Waals surface area contributed by atoms with E-state index in [1.807, 2.05) is 6.92 Å². The zero-order chi connectivity index (χ0) is 18.1. The van der Waals surface area contributed by atoms with Crippen LogP contribution in [0.5, 0.6) is 0 Å². The van der Waals surface area contributed by atoms with Crippen molar-refractivity contribution in [1.82, 2.24) is 0 Å². The number of hydrogen-bond acceptors (Lipinski definition) is 2. The molecule has 132 valence electrons. The van der Waals surface area contributed by atoms with Gasteiger partial charge >= 0.3 is 0 Å². The Morgan fingerprint density at radius 1 is 1.04 bits per heavy atom. The van der Waals surface area contributed by atoms with Crippen LogP contribution in [0, 0.1) is 27.7 Å². The molecule has 0 aromatic heterocycles. The van der Waals surface area contributed by atoms with Crippen molar-refractivity contribution in [3.63, 3.8) is 0 Å².